The Balaban J connectivity index is 1.66. The first-order valence-electron chi connectivity index (χ1n) is 10.9. The molecule has 3 aromatic rings. The van der Waals surface area contributed by atoms with E-state index in [9.17, 15) is 19.5 Å². The molecule has 1 aromatic heterocycles. The van der Waals surface area contributed by atoms with E-state index in [1.165, 1.54) is 12.0 Å². The van der Waals surface area contributed by atoms with Crippen LogP contribution >= 0.6 is 11.3 Å². The number of methoxy groups -OCH3 is 1. The molecule has 5 rings (SSSR count). The Hall–Kier alpha value is -4.05. The lowest BCUT2D eigenvalue weighted by atomic mass is 9.94. The second kappa shape index (κ2) is 8.62. The fraction of sp³-hybridized carbons (Fsp3) is 0.240. The molecule has 1 saturated heterocycles. The molecule has 2 aliphatic heterocycles. The summed E-state index contributed by atoms with van der Waals surface area (Å²) in [6.45, 7) is 3.69. The number of hydrogen-bond acceptors (Lipinski definition) is 9. The summed E-state index contributed by atoms with van der Waals surface area (Å²) in [5.74, 6) is -1.73. The highest BCUT2D eigenvalue weighted by Gasteiger charge is 2.48. The van der Waals surface area contributed by atoms with Crippen LogP contribution < -0.4 is 9.64 Å². The van der Waals surface area contributed by atoms with Crippen molar-refractivity contribution in [1.29, 1.82) is 0 Å². The van der Waals surface area contributed by atoms with Gasteiger partial charge in [0.15, 0.2) is 0 Å². The van der Waals surface area contributed by atoms with Gasteiger partial charge in [0, 0.05) is 12.0 Å². The van der Waals surface area contributed by atoms with Crippen molar-refractivity contribution in [1.82, 2.24) is 10.2 Å². The second-order valence-electron chi connectivity index (χ2n) is 8.34. The molecule has 1 N–H and O–H groups in total. The summed E-state index contributed by atoms with van der Waals surface area (Å²) in [7, 11) is 1.28. The molecule has 1 fully saturated rings. The maximum atomic E-state index is 13.3. The fourth-order valence-electron chi connectivity index (χ4n) is 4.37. The molecule has 3 heterocycles. The molecule has 0 saturated carbocycles. The number of amides is 1. The monoisotopic (exact) mass is 491 g/mol. The molecule has 2 atom stereocenters. The first-order chi connectivity index (χ1) is 16.8. The third kappa shape index (κ3) is 3.85. The van der Waals surface area contributed by atoms with Gasteiger partial charge in [-0.25, -0.2) is 4.79 Å². The number of fused-ring (bicyclic) bond motifs is 1. The van der Waals surface area contributed by atoms with E-state index in [4.69, 9.17) is 9.47 Å². The Bertz CT molecular complexity index is 1390. The van der Waals surface area contributed by atoms with Gasteiger partial charge in [0.2, 0.25) is 5.13 Å². The zero-order valence-electron chi connectivity index (χ0n) is 19.1. The van der Waals surface area contributed by atoms with Crippen LogP contribution in [0.1, 0.15) is 45.0 Å². The Morgan fingerprint density at radius 3 is 2.51 bits per heavy atom. The van der Waals surface area contributed by atoms with Crippen molar-refractivity contribution in [2.24, 2.45) is 0 Å². The van der Waals surface area contributed by atoms with E-state index in [0.717, 1.165) is 22.6 Å². The summed E-state index contributed by atoms with van der Waals surface area (Å²) in [6.07, 6.45) is 0.690. The van der Waals surface area contributed by atoms with E-state index in [1.807, 2.05) is 6.92 Å². The number of ether oxygens (including phenoxy) is 2. The molecule has 0 aliphatic carbocycles. The van der Waals surface area contributed by atoms with E-state index >= 15 is 0 Å². The highest BCUT2D eigenvalue weighted by atomic mass is 32.1. The van der Waals surface area contributed by atoms with Gasteiger partial charge in [-0.3, -0.25) is 14.5 Å². The molecule has 2 aromatic carbocycles. The number of aryl methyl sites for hydroxylation is 1. The van der Waals surface area contributed by atoms with Crippen molar-refractivity contribution in [3.8, 4) is 5.75 Å². The third-order valence-corrected chi connectivity index (χ3v) is 6.82. The van der Waals surface area contributed by atoms with Gasteiger partial charge in [-0.15, -0.1) is 10.2 Å². The molecular formula is C25H21N3O6S. The first-order valence-corrected chi connectivity index (χ1v) is 11.7. The number of anilines is 1. The predicted molar refractivity (Wildman–Crippen MR) is 127 cm³/mol. The molecule has 0 radical (unpaired) electrons. The standard InChI is InChI=1S/C25H21N3O6S/c1-12-10-17-11-16(8-9-18(17)34-12)21(29)19-20(14-4-6-15(7-5-14)24(32)33-3)28(23(31)22(19)30)25-27-26-13(2)35-25/h4-9,11-12,20,29H,10H2,1-3H3/t12-,20+/m1/s1. The number of aliphatic hydroxyl groups is 1. The number of carbonyl (C=O) groups excluding carboxylic acids is 3. The molecule has 9 nitrogen and oxygen atoms in total. The molecule has 0 bridgehead atoms. The average Bonchev–Trinajstić information content (AvgIpc) is 3.52. The second-order valence-corrected chi connectivity index (χ2v) is 9.50. The normalized spacial score (nSPS) is 20.6. The molecular weight excluding hydrogens is 470 g/mol. The van der Waals surface area contributed by atoms with E-state index in [1.54, 1.807) is 49.4 Å². The minimum Gasteiger partial charge on any atom is -0.507 e. The quantitative estimate of drug-likeness (QED) is 0.255. The summed E-state index contributed by atoms with van der Waals surface area (Å²) in [4.78, 5) is 39.6. The number of aliphatic hydroxyl groups excluding tert-OH is 1. The molecule has 178 valence electrons. The fourth-order valence-corrected chi connectivity index (χ4v) is 5.09. The molecule has 0 unspecified atom stereocenters. The zero-order valence-corrected chi connectivity index (χ0v) is 20.0. The van der Waals surface area contributed by atoms with Crippen LogP contribution in [0, 0.1) is 6.92 Å². The largest absolute Gasteiger partial charge is 0.507 e. The smallest absolute Gasteiger partial charge is 0.337 e. The lowest BCUT2D eigenvalue weighted by Gasteiger charge is -2.22. The summed E-state index contributed by atoms with van der Waals surface area (Å²) in [5.41, 5.74) is 2.08. The number of ketones is 1. The van der Waals surface area contributed by atoms with Gasteiger partial charge < -0.3 is 14.6 Å². The van der Waals surface area contributed by atoms with E-state index in [-0.39, 0.29) is 22.6 Å². The third-order valence-electron chi connectivity index (χ3n) is 5.98. The van der Waals surface area contributed by atoms with Crippen LogP contribution in [-0.2, 0) is 20.7 Å². The number of aromatic nitrogens is 2. The van der Waals surface area contributed by atoms with Crippen molar-refractivity contribution in [2.45, 2.75) is 32.4 Å². The van der Waals surface area contributed by atoms with Gasteiger partial charge in [0.25, 0.3) is 5.78 Å². The van der Waals surface area contributed by atoms with E-state index < -0.39 is 23.7 Å². The SMILES string of the molecule is COC(=O)c1ccc([C@H]2C(=C(O)c3ccc4c(c3)C[C@@H](C)O4)C(=O)C(=O)N2c2nnc(C)s2)cc1. The highest BCUT2D eigenvalue weighted by molar-refractivity contribution is 7.15. The highest BCUT2D eigenvalue weighted by Crippen LogP contribution is 2.43. The zero-order chi connectivity index (χ0) is 24.9. The van der Waals surface area contributed by atoms with Crippen LogP contribution in [0.5, 0.6) is 5.75 Å². The Morgan fingerprint density at radius 2 is 1.86 bits per heavy atom. The van der Waals surface area contributed by atoms with Gasteiger partial charge in [0.1, 0.15) is 22.6 Å². The Labute approximate surface area is 204 Å². The molecule has 35 heavy (non-hydrogen) atoms. The molecule has 1 amide bonds. The van der Waals surface area contributed by atoms with Crippen LogP contribution in [0.15, 0.2) is 48.0 Å². The van der Waals surface area contributed by atoms with Gasteiger partial charge in [-0.1, -0.05) is 23.5 Å². The van der Waals surface area contributed by atoms with Crippen LogP contribution in [0.4, 0.5) is 5.13 Å². The van der Waals surface area contributed by atoms with Crippen molar-refractivity contribution in [2.75, 3.05) is 12.0 Å². The summed E-state index contributed by atoms with van der Waals surface area (Å²) in [5, 5.41) is 20.2. The van der Waals surface area contributed by atoms with Crippen LogP contribution in [-0.4, -0.2) is 46.2 Å². The Kier molecular flexibility index (Phi) is 5.60. The maximum absolute atomic E-state index is 13.3. The summed E-state index contributed by atoms with van der Waals surface area (Å²) in [6, 6.07) is 10.5. The maximum Gasteiger partial charge on any atom is 0.337 e. The number of rotatable bonds is 4. The number of Topliss-reactive ketones (excluding diaryl/α,β-unsaturated/α-hetero) is 1. The number of benzene rings is 2. The van der Waals surface area contributed by atoms with Gasteiger partial charge in [-0.05, 0) is 55.3 Å². The van der Waals surface area contributed by atoms with Crippen molar-refractivity contribution >= 4 is 39.9 Å². The number of hydrogen-bond donors (Lipinski definition) is 1. The van der Waals surface area contributed by atoms with Crippen molar-refractivity contribution < 1.29 is 29.0 Å². The van der Waals surface area contributed by atoms with Crippen molar-refractivity contribution in [3.05, 3.63) is 75.3 Å². The van der Waals surface area contributed by atoms with Gasteiger partial charge in [0.05, 0.1) is 24.3 Å². The lowest BCUT2D eigenvalue weighted by molar-refractivity contribution is -0.132. The summed E-state index contributed by atoms with van der Waals surface area (Å²) < 4.78 is 10.5. The van der Waals surface area contributed by atoms with Crippen LogP contribution in [0.2, 0.25) is 0 Å². The van der Waals surface area contributed by atoms with Crippen molar-refractivity contribution in [3.63, 3.8) is 0 Å². The topological polar surface area (TPSA) is 119 Å². The minimum atomic E-state index is -0.961. The van der Waals surface area contributed by atoms with Crippen LogP contribution in [0.25, 0.3) is 5.76 Å². The van der Waals surface area contributed by atoms with E-state index in [2.05, 4.69) is 10.2 Å². The number of esters is 1. The van der Waals surface area contributed by atoms with Crippen LogP contribution in [0.3, 0.4) is 0 Å². The number of nitrogens with zero attached hydrogens (tertiary/aromatic N) is 3. The molecule has 0 spiro atoms. The first kappa shape index (κ1) is 22.7. The lowest BCUT2D eigenvalue weighted by Crippen LogP contribution is -2.29. The predicted octanol–water partition coefficient (Wildman–Crippen LogP) is 3.58. The minimum absolute atomic E-state index is 0.0157. The number of carbonyl (C=O) groups is 3. The Morgan fingerprint density at radius 1 is 1.14 bits per heavy atom. The van der Waals surface area contributed by atoms with Gasteiger partial charge in [-0.2, -0.15) is 0 Å². The molecule has 10 heteroatoms. The average molecular weight is 492 g/mol. The summed E-state index contributed by atoms with van der Waals surface area (Å²) >= 11 is 1.16. The van der Waals surface area contributed by atoms with E-state index in [0.29, 0.717) is 28.1 Å². The molecule has 2 aliphatic rings. The van der Waals surface area contributed by atoms with Gasteiger partial charge >= 0.3 is 11.9 Å².